The second kappa shape index (κ2) is 5.70. The molecule has 0 radical (unpaired) electrons. The smallest absolute Gasteiger partial charge is 0.0304 e. The van der Waals surface area contributed by atoms with Crippen molar-refractivity contribution in [3.05, 3.63) is 29.8 Å². The Bertz CT molecular complexity index is 451. The first-order valence-corrected chi connectivity index (χ1v) is 8.71. The monoisotopic (exact) mass is 290 g/mol. The fraction of sp³-hybridized carbons (Fsp3) is 0.647. The summed E-state index contributed by atoms with van der Waals surface area (Å²) in [5.74, 6) is 0. The van der Waals surface area contributed by atoms with E-state index in [1.807, 2.05) is 0 Å². The molecule has 1 fully saturated rings. The molecule has 0 amide bonds. The Morgan fingerprint density at radius 3 is 2.95 bits per heavy atom. The number of nitrogens with zero attached hydrogens (tertiary/aromatic N) is 1. The van der Waals surface area contributed by atoms with Crippen molar-refractivity contribution in [2.45, 2.75) is 55.3 Å². The van der Waals surface area contributed by atoms with Gasteiger partial charge in [0.15, 0.2) is 0 Å². The van der Waals surface area contributed by atoms with Gasteiger partial charge in [0.2, 0.25) is 0 Å². The van der Waals surface area contributed by atoms with Gasteiger partial charge in [0.05, 0.1) is 0 Å². The van der Waals surface area contributed by atoms with Crippen LogP contribution in [0.5, 0.6) is 0 Å². The van der Waals surface area contributed by atoms with Gasteiger partial charge in [0, 0.05) is 41.4 Å². The molecule has 2 heterocycles. The first-order valence-electron chi connectivity index (χ1n) is 7.84. The summed E-state index contributed by atoms with van der Waals surface area (Å²) in [4.78, 5) is 4.23. The SMILES string of the molecule is CCC1(C)CNC(C)CN1CC1Cc2ccccc2S1. The lowest BCUT2D eigenvalue weighted by Crippen LogP contribution is -2.63. The van der Waals surface area contributed by atoms with Crippen LogP contribution in [-0.2, 0) is 6.42 Å². The van der Waals surface area contributed by atoms with Gasteiger partial charge in [-0.1, -0.05) is 25.1 Å². The highest BCUT2D eigenvalue weighted by Gasteiger charge is 2.37. The highest BCUT2D eigenvalue weighted by molar-refractivity contribution is 8.00. The molecule has 0 bridgehead atoms. The highest BCUT2D eigenvalue weighted by Crippen LogP contribution is 2.38. The van der Waals surface area contributed by atoms with Crippen molar-refractivity contribution in [3.63, 3.8) is 0 Å². The Labute approximate surface area is 127 Å². The van der Waals surface area contributed by atoms with E-state index in [4.69, 9.17) is 0 Å². The molecule has 2 nitrogen and oxygen atoms in total. The van der Waals surface area contributed by atoms with Gasteiger partial charge < -0.3 is 5.32 Å². The van der Waals surface area contributed by atoms with Crippen LogP contribution in [0.2, 0.25) is 0 Å². The summed E-state index contributed by atoms with van der Waals surface area (Å²) in [6.45, 7) is 10.6. The van der Waals surface area contributed by atoms with E-state index in [-0.39, 0.29) is 0 Å². The summed E-state index contributed by atoms with van der Waals surface area (Å²) in [5.41, 5.74) is 1.87. The topological polar surface area (TPSA) is 15.3 Å². The average molecular weight is 290 g/mol. The summed E-state index contributed by atoms with van der Waals surface area (Å²) in [5, 5.41) is 4.37. The number of rotatable bonds is 3. The average Bonchev–Trinajstić information content (AvgIpc) is 2.85. The molecule has 1 aromatic carbocycles. The van der Waals surface area contributed by atoms with Crippen LogP contribution >= 0.6 is 11.8 Å². The lowest BCUT2D eigenvalue weighted by atomic mass is 9.92. The molecule has 0 spiro atoms. The molecular formula is C17H26N2S. The molecule has 1 saturated heterocycles. The Morgan fingerprint density at radius 2 is 2.20 bits per heavy atom. The molecule has 3 atom stereocenters. The number of hydrogen-bond donors (Lipinski definition) is 1. The lowest BCUT2D eigenvalue weighted by molar-refractivity contribution is 0.0534. The van der Waals surface area contributed by atoms with Crippen LogP contribution in [-0.4, -0.2) is 41.4 Å². The summed E-state index contributed by atoms with van der Waals surface area (Å²) < 4.78 is 0. The van der Waals surface area contributed by atoms with Gasteiger partial charge in [-0.15, -0.1) is 11.8 Å². The zero-order valence-corrected chi connectivity index (χ0v) is 13.7. The summed E-state index contributed by atoms with van der Waals surface area (Å²) in [6.07, 6.45) is 2.45. The van der Waals surface area contributed by atoms with Crippen molar-refractivity contribution < 1.29 is 0 Å². The Balaban J connectivity index is 1.68. The van der Waals surface area contributed by atoms with Gasteiger partial charge in [-0.3, -0.25) is 4.90 Å². The Morgan fingerprint density at radius 1 is 1.40 bits per heavy atom. The lowest BCUT2D eigenvalue weighted by Gasteiger charge is -2.48. The van der Waals surface area contributed by atoms with Crippen LogP contribution in [0.3, 0.4) is 0 Å². The summed E-state index contributed by atoms with van der Waals surface area (Å²) in [6, 6.07) is 9.52. The van der Waals surface area contributed by atoms with E-state index in [1.165, 1.54) is 30.8 Å². The van der Waals surface area contributed by atoms with Crippen LogP contribution < -0.4 is 5.32 Å². The minimum atomic E-state index is 0.321. The number of benzene rings is 1. The van der Waals surface area contributed by atoms with E-state index >= 15 is 0 Å². The fourth-order valence-electron chi connectivity index (χ4n) is 3.37. The largest absolute Gasteiger partial charge is 0.311 e. The molecule has 3 rings (SSSR count). The minimum absolute atomic E-state index is 0.321. The van der Waals surface area contributed by atoms with Crippen molar-refractivity contribution >= 4 is 11.8 Å². The quantitative estimate of drug-likeness (QED) is 0.920. The molecule has 3 heteroatoms. The van der Waals surface area contributed by atoms with Crippen molar-refractivity contribution in [1.82, 2.24) is 10.2 Å². The molecule has 110 valence electrons. The van der Waals surface area contributed by atoms with E-state index in [1.54, 1.807) is 5.56 Å². The van der Waals surface area contributed by atoms with Gasteiger partial charge in [0.1, 0.15) is 0 Å². The van der Waals surface area contributed by atoms with E-state index in [0.29, 0.717) is 11.6 Å². The maximum Gasteiger partial charge on any atom is 0.0304 e. The number of thioether (sulfide) groups is 1. The van der Waals surface area contributed by atoms with Crippen LogP contribution in [0.4, 0.5) is 0 Å². The molecule has 0 saturated carbocycles. The van der Waals surface area contributed by atoms with Crippen molar-refractivity contribution in [3.8, 4) is 0 Å². The van der Waals surface area contributed by atoms with Gasteiger partial charge in [0.25, 0.3) is 0 Å². The maximum absolute atomic E-state index is 3.65. The third kappa shape index (κ3) is 2.76. The van der Waals surface area contributed by atoms with E-state index in [9.17, 15) is 0 Å². The molecule has 1 aromatic rings. The van der Waals surface area contributed by atoms with Crippen molar-refractivity contribution in [2.75, 3.05) is 19.6 Å². The number of nitrogens with one attached hydrogen (secondary N) is 1. The Kier molecular flexibility index (Phi) is 4.11. The summed E-state index contributed by atoms with van der Waals surface area (Å²) in [7, 11) is 0. The highest BCUT2D eigenvalue weighted by atomic mass is 32.2. The normalized spacial score (nSPS) is 34.1. The third-order valence-electron chi connectivity index (χ3n) is 4.99. The number of fused-ring (bicyclic) bond motifs is 1. The van der Waals surface area contributed by atoms with Gasteiger partial charge in [-0.2, -0.15) is 0 Å². The number of hydrogen-bond acceptors (Lipinski definition) is 3. The molecule has 3 unspecified atom stereocenters. The van der Waals surface area contributed by atoms with Gasteiger partial charge in [-0.25, -0.2) is 0 Å². The zero-order chi connectivity index (χ0) is 14.2. The molecule has 1 N–H and O–H groups in total. The molecular weight excluding hydrogens is 264 g/mol. The minimum Gasteiger partial charge on any atom is -0.311 e. The summed E-state index contributed by atoms with van der Waals surface area (Å²) >= 11 is 2.08. The molecule has 2 aliphatic rings. The molecule has 2 aliphatic heterocycles. The standard InChI is InChI=1S/C17H26N2S/c1-4-17(3)12-18-13(2)10-19(17)11-15-9-14-7-5-6-8-16(14)20-15/h5-8,13,15,18H,4,9-12H2,1-3H3. The predicted octanol–water partition coefficient (Wildman–Crippen LogP) is 3.17. The van der Waals surface area contributed by atoms with Gasteiger partial charge >= 0.3 is 0 Å². The fourth-order valence-corrected chi connectivity index (χ4v) is 4.70. The van der Waals surface area contributed by atoms with Gasteiger partial charge in [-0.05, 0) is 38.3 Å². The van der Waals surface area contributed by atoms with Crippen LogP contribution in [0.1, 0.15) is 32.8 Å². The molecule has 20 heavy (non-hydrogen) atoms. The van der Waals surface area contributed by atoms with E-state index in [2.05, 4.69) is 67.0 Å². The van der Waals surface area contributed by atoms with Crippen molar-refractivity contribution in [2.24, 2.45) is 0 Å². The zero-order valence-electron chi connectivity index (χ0n) is 12.9. The molecule has 0 aromatic heterocycles. The van der Waals surface area contributed by atoms with E-state index < -0.39 is 0 Å². The first-order chi connectivity index (χ1) is 9.60. The van der Waals surface area contributed by atoms with Crippen molar-refractivity contribution in [1.29, 1.82) is 0 Å². The first kappa shape index (κ1) is 14.4. The Hall–Kier alpha value is -0.510. The number of piperazine rings is 1. The van der Waals surface area contributed by atoms with Crippen LogP contribution in [0.25, 0.3) is 0 Å². The third-order valence-corrected chi connectivity index (χ3v) is 6.29. The maximum atomic E-state index is 3.65. The second-order valence-corrected chi connectivity index (χ2v) is 7.93. The predicted molar refractivity (Wildman–Crippen MR) is 87.5 cm³/mol. The molecule has 0 aliphatic carbocycles. The van der Waals surface area contributed by atoms with Crippen LogP contribution in [0, 0.1) is 0 Å². The van der Waals surface area contributed by atoms with E-state index in [0.717, 1.165) is 11.8 Å². The second-order valence-electron chi connectivity index (χ2n) is 6.59. The van der Waals surface area contributed by atoms with Crippen LogP contribution in [0.15, 0.2) is 29.2 Å².